The van der Waals surface area contributed by atoms with Gasteiger partial charge in [-0.2, -0.15) is 0 Å². The number of fused-ring (bicyclic) bond motifs is 1. The van der Waals surface area contributed by atoms with Crippen molar-refractivity contribution < 1.29 is 14.3 Å². The molecule has 4 rings (SSSR count). The van der Waals surface area contributed by atoms with Crippen molar-refractivity contribution in [2.75, 3.05) is 13.1 Å². The lowest BCUT2D eigenvalue weighted by Crippen LogP contribution is -2.64. The fourth-order valence-corrected chi connectivity index (χ4v) is 4.05. The van der Waals surface area contributed by atoms with E-state index in [0.29, 0.717) is 35.7 Å². The Morgan fingerprint density at radius 3 is 3.04 bits per heavy atom. The summed E-state index contributed by atoms with van der Waals surface area (Å²) < 4.78 is 6.12. The third-order valence-electron chi connectivity index (χ3n) is 4.46. The van der Waals surface area contributed by atoms with Gasteiger partial charge in [0.05, 0.1) is 23.3 Å². The third kappa shape index (κ3) is 2.45. The molecule has 3 heterocycles. The number of nitrogens with zero attached hydrogens (tertiary/aromatic N) is 2. The number of ether oxygens (including phenoxy) is 1. The molecule has 1 atom stereocenters. The molecule has 1 N–H and O–H groups in total. The number of rotatable bonds is 1. The smallest absolute Gasteiger partial charge is 0.266 e. The number of carbonyl (C=O) groups excluding carboxylic acids is 2. The molecule has 2 aliphatic heterocycles. The summed E-state index contributed by atoms with van der Waals surface area (Å²) in [6.07, 6.45) is 1.45. The number of aromatic nitrogens is 1. The number of hydrogen-bond acceptors (Lipinski definition) is 5. The quantitative estimate of drug-likeness (QED) is 0.862. The van der Waals surface area contributed by atoms with Gasteiger partial charge in [-0.3, -0.25) is 9.59 Å². The molecule has 24 heavy (non-hydrogen) atoms. The minimum absolute atomic E-state index is 0.0502. The highest BCUT2D eigenvalue weighted by Gasteiger charge is 2.44. The average molecular weight is 343 g/mol. The van der Waals surface area contributed by atoms with Gasteiger partial charge in [-0.15, -0.1) is 11.3 Å². The summed E-state index contributed by atoms with van der Waals surface area (Å²) in [5.74, 6) is 0.371. The Morgan fingerprint density at radius 2 is 2.25 bits per heavy atom. The van der Waals surface area contributed by atoms with Crippen molar-refractivity contribution in [2.24, 2.45) is 0 Å². The topological polar surface area (TPSA) is 71.5 Å². The van der Waals surface area contributed by atoms with Gasteiger partial charge in [0.2, 0.25) is 5.72 Å². The maximum Gasteiger partial charge on any atom is 0.266 e. The molecule has 0 saturated carbocycles. The monoisotopic (exact) mass is 343 g/mol. The lowest BCUT2D eigenvalue weighted by atomic mass is 9.97. The highest BCUT2D eigenvalue weighted by atomic mass is 32.1. The Labute approximate surface area is 143 Å². The molecule has 2 amide bonds. The molecule has 0 unspecified atom stereocenters. The number of nitrogens with one attached hydrogen (secondary N) is 1. The molecule has 124 valence electrons. The Hall–Kier alpha value is -2.41. The van der Waals surface area contributed by atoms with Gasteiger partial charge in [0.25, 0.3) is 11.8 Å². The normalized spacial score (nSPS) is 22.7. The first kappa shape index (κ1) is 15.1. The standard InChI is InChI=1S/C17H17N3O3S/c1-11-14(24-10-18-11)16(22)20-8-4-7-17(9-20)19-15(21)12-5-2-3-6-13(12)23-17/h2-3,5-6,10H,4,7-9H2,1H3,(H,19,21)/t17-/m0/s1. The van der Waals surface area contributed by atoms with Crippen LogP contribution in [0.3, 0.4) is 0 Å². The molecule has 1 aromatic heterocycles. The fourth-order valence-electron chi connectivity index (χ4n) is 3.28. The van der Waals surface area contributed by atoms with E-state index in [9.17, 15) is 9.59 Å². The zero-order valence-corrected chi connectivity index (χ0v) is 14.1. The van der Waals surface area contributed by atoms with E-state index in [0.717, 1.165) is 12.1 Å². The SMILES string of the molecule is Cc1ncsc1C(=O)N1CCC[C@]2(C1)NC(=O)c1ccccc1O2. The molecule has 2 aromatic rings. The van der Waals surface area contributed by atoms with Crippen molar-refractivity contribution in [3.8, 4) is 5.75 Å². The molecule has 1 spiro atoms. The highest BCUT2D eigenvalue weighted by molar-refractivity contribution is 7.11. The van der Waals surface area contributed by atoms with E-state index in [1.54, 1.807) is 22.5 Å². The van der Waals surface area contributed by atoms with Crippen LogP contribution in [0, 0.1) is 6.92 Å². The summed E-state index contributed by atoms with van der Waals surface area (Å²) in [5.41, 5.74) is 2.10. The number of carbonyl (C=O) groups is 2. The first-order chi connectivity index (χ1) is 11.6. The summed E-state index contributed by atoms with van der Waals surface area (Å²) in [5, 5.41) is 2.97. The molecule has 0 aliphatic carbocycles. The van der Waals surface area contributed by atoms with Crippen molar-refractivity contribution in [1.82, 2.24) is 15.2 Å². The van der Waals surface area contributed by atoms with E-state index in [1.807, 2.05) is 19.1 Å². The van der Waals surface area contributed by atoms with Crippen LogP contribution in [-0.2, 0) is 0 Å². The van der Waals surface area contributed by atoms with Gasteiger partial charge >= 0.3 is 0 Å². The van der Waals surface area contributed by atoms with Crippen LogP contribution in [0.2, 0.25) is 0 Å². The maximum absolute atomic E-state index is 12.8. The van der Waals surface area contributed by atoms with Gasteiger partial charge in [-0.05, 0) is 25.5 Å². The minimum Gasteiger partial charge on any atom is -0.465 e. The summed E-state index contributed by atoms with van der Waals surface area (Å²) in [7, 11) is 0. The maximum atomic E-state index is 12.8. The largest absolute Gasteiger partial charge is 0.465 e. The van der Waals surface area contributed by atoms with Crippen LogP contribution >= 0.6 is 11.3 Å². The first-order valence-electron chi connectivity index (χ1n) is 7.88. The molecule has 1 fully saturated rings. The Kier molecular flexibility index (Phi) is 3.53. The van der Waals surface area contributed by atoms with Gasteiger partial charge in [0, 0.05) is 13.0 Å². The number of hydrogen-bond donors (Lipinski definition) is 1. The average Bonchev–Trinajstić information content (AvgIpc) is 3.00. The zero-order chi connectivity index (χ0) is 16.7. The summed E-state index contributed by atoms with van der Waals surface area (Å²) in [4.78, 5) is 31.7. The van der Waals surface area contributed by atoms with Crippen molar-refractivity contribution in [1.29, 1.82) is 0 Å². The zero-order valence-electron chi connectivity index (χ0n) is 13.2. The van der Waals surface area contributed by atoms with Gasteiger partial charge in [-0.25, -0.2) is 4.98 Å². The predicted molar refractivity (Wildman–Crippen MR) is 89.3 cm³/mol. The summed E-state index contributed by atoms with van der Waals surface area (Å²) >= 11 is 1.35. The Bertz CT molecular complexity index is 819. The Balaban J connectivity index is 1.60. The van der Waals surface area contributed by atoms with Crippen LogP contribution in [0.1, 0.15) is 38.6 Å². The van der Waals surface area contributed by atoms with Crippen LogP contribution in [0.4, 0.5) is 0 Å². The van der Waals surface area contributed by atoms with Gasteiger partial charge in [0.15, 0.2) is 0 Å². The molecule has 1 saturated heterocycles. The number of piperidine rings is 1. The third-order valence-corrected chi connectivity index (χ3v) is 5.38. The Morgan fingerprint density at radius 1 is 1.42 bits per heavy atom. The molecule has 0 bridgehead atoms. The number of amides is 2. The number of benzene rings is 1. The second-order valence-electron chi connectivity index (χ2n) is 6.14. The van der Waals surface area contributed by atoms with Crippen molar-refractivity contribution in [2.45, 2.75) is 25.5 Å². The van der Waals surface area contributed by atoms with E-state index < -0.39 is 5.72 Å². The van der Waals surface area contributed by atoms with Crippen LogP contribution in [-0.4, -0.2) is 40.5 Å². The van der Waals surface area contributed by atoms with Crippen LogP contribution in [0.15, 0.2) is 29.8 Å². The lowest BCUT2D eigenvalue weighted by molar-refractivity contribution is -0.0313. The first-order valence-corrected chi connectivity index (χ1v) is 8.76. The van der Waals surface area contributed by atoms with E-state index in [1.165, 1.54) is 11.3 Å². The molecular formula is C17H17N3O3S. The molecule has 7 heteroatoms. The number of likely N-dealkylation sites (tertiary alicyclic amines) is 1. The predicted octanol–water partition coefficient (Wildman–Crippen LogP) is 2.21. The van der Waals surface area contributed by atoms with Crippen LogP contribution in [0.5, 0.6) is 5.75 Å². The van der Waals surface area contributed by atoms with E-state index in [4.69, 9.17) is 4.74 Å². The van der Waals surface area contributed by atoms with E-state index in [2.05, 4.69) is 10.3 Å². The van der Waals surface area contributed by atoms with E-state index in [-0.39, 0.29) is 11.8 Å². The summed E-state index contributed by atoms with van der Waals surface area (Å²) in [6, 6.07) is 7.19. The number of aryl methyl sites for hydroxylation is 1. The van der Waals surface area contributed by atoms with Gasteiger partial charge in [-0.1, -0.05) is 12.1 Å². The second kappa shape index (κ2) is 5.59. The van der Waals surface area contributed by atoms with Gasteiger partial charge in [0.1, 0.15) is 10.6 Å². The molecule has 1 aromatic carbocycles. The van der Waals surface area contributed by atoms with Crippen molar-refractivity contribution in [3.05, 3.63) is 45.9 Å². The van der Waals surface area contributed by atoms with Crippen LogP contribution in [0.25, 0.3) is 0 Å². The molecule has 6 nitrogen and oxygen atoms in total. The number of para-hydroxylation sites is 1. The number of thiazole rings is 1. The lowest BCUT2D eigenvalue weighted by Gasteiger charge is -2.45. The highest BCUT2D eigenvalue weighted by Crippen LogP contribution is 2.33. The molecule has 2 aliphatic rings. The molecular weight excluding hydrogens is 326 g/mol. The van der Waals surface area contributed by atoms with Crippen molar-refractivity contribution in [3.63, 3.8) is 0 Å². The molecule has 0 radical (unpaired) electrons. The van der Waals surface area contributed by atoms with Gasteiger partial charge < -0.3 is 15.0 Å². The fraction of sp³-hybridized carbons (Fsp3) is 0.353. The summed E-state index contributed by atoms with van der Waals surface area (Å²) in [6.45, 7) is 2.82. The van der Waals surface area contributed by atoms with E-state index >= 15 is 0 Å². The van der Waals surface area contributed by atoms with Crippen molar-refractivity contribution >= 4 is 23.2 Å². The minimum atomic E-state index is -0.849. The van der Waals surface area contributed by atoms with Crippen LogP contribution < -0.4 is 10.1 Å². The second-order valence-corrected chi connectivity index (χ2v) is 7.00.